The predicted octanol–water partition coefficient (Wildman–Crippen LogP) is 4.94. The molecule has 0 radical (unpaired) electrons. The average molecular weight is 477 g/mol. The van der Waals surface area contributed by atoms with Crippen molar-refractivity contribution in [1.29, 1.82) is 0 Å². The van der Waals surface area contributed by atoms with Gasteiger partial charge in [0.2, 0.25) is 10.0 Å². The van der Waals surface area contributed by atoms with Crippen molar-refractivity contribution >= 4 is 27.5 Å². The number of halogens is 1. The molecule has 0 bridgehead atoms. The molecule has 0 spiro atoms. The molecular weight excluding hydrogens is 448 g/mol. The molecule has 1 saturated heterocycles. The molecular formula is C24H29ClN2O4S. The lowest BCUT2D eigenvalue weighted by atomic mass is 9.83. The second-order valence-corrected chi connectivity index (χ2v) is 10.8. The summed E-state index contributed by atoms with van der Waals surface area (Å²) in [6, 6.07) is 11.9. The number of ether oxygens (including phenoxy) is 1. The van der Waals surface area contributed by atoms with Crippen LogP contribution in [0.3, 0.4) is 0 Å². The summed E-state index contributed by atoms with van der Waals surface area (Å²) in [5, 5.41) is 3.24. The highest BCUT2D eigenvalue weighted by molar-refractivity contribution is 7.89. The summed E-state index contributed by atoms with van der Waals surface area (Å²) >= 11 is 6.24. The van der Waals surface area contributed by atoms with Gasteiger partial charge >= 0.3 is 0 Å². The van der Waals surface area contributed by atoms with E-state index < -0.39 is 10.0 Å². The zero-order chi connectivity index (χ0) is 22.9. The number of hydrogen-bond donors (Lipinski definition) is 1. The van der Waals surface area contributed by atoms with Crippen LogP contribution in [0.4, 0.5) is 0 Å². The number of para-hydroxylation sites is 1. The van der Waals surface area contributed by atoms with E-state index in [1.54, 1.807) is 6.07 Å². The van der Waals surface area contributed by atoms with Crippen LogP contribution < -0.4 is 10.1 Å². The normalized spacial score (nSPS) is 20.4. The number of nitrogens with zero attached hydrogens (tertiary/aromatic N) is 1. The van der Waals surface area contributed by atoms with Gasteiger partial charge in [0, 0.05) is 30.6 Å². The van der Waals surface area contributed by atoms with Crippen LogP contribution in [0.1, 0.15) is 67.9 Å². The largest absolute Gasteiger partial charge is 0.487 e. The van der Waals surface area contributed by atoms with Crippen molar-refractivity contribution < 1.29 is 17.9 Å². The molecule has 0 aromatic heterocycles. The minimum Gasteiger partial charge on any atom is -0.487 e. The highest BCUT2D eigenvalue weighted by Crippen LogP contribution is 2.42. The molecule has 32 heavy (non-hydrogen) atoms. The van der Waals surface area contributed by atoms with E-state index in [4.69, 9.17) is 16.3 Å². The predicted molar refractivity (Wildman–Crippen MR) is 125 cm³/mol. The molecule has 1 N–H and O–H groups in total. The Hall–Kier alpha value is -2.09. The van der Waals surface area contributed by atoms with E-state index >= 15 is 0 Å². The fourth-order valence-electron chi connectivity index (χ4n) is 4.58. The van der Waals surface area contributed by atoms with Crippen LogP contribution in [0.25, 0.3) is 0 Å². The van der Waals surface area contributed by atoms with Gasteiger partial charge in [0.1, 0.15) is 16.2 Å². The summed E-state index contributed by atoms with van der Waals surface area (Å²) in [6.07, 6.45) is 3.95. The quantitative estimate of drug-likeness (QED) is 0.640. The van der Waals surface area contributed by atoms with Crippen LogP contribution >= 0.6 is 11.6 Å². The van der Waals surface area contributed by atoms with Crippen LogP contribution in [-0.4, -0.2) is 37.3 Å². The summed E-state index contributed by atoms with van der Waals surface area (Å²) < 4.78 is 33.8. The van der Waals surface area contributed by atoms with E-state index in [0.29, 0.717) is 19.5 Å². The Morgan fingerprint density at radius 3 is 2.53 bits per heavy atom. The van der Waals surface area contributed by atoms with Crippen molar-refractivity contribution in [3.63, 3.8) is 0 Å². The van der Waals surface area contributed by atoms with Gasteiger partial charge in [-0.3, -0.25) is 4.79 Å². The molecule has 0 saturated carbocycles. The first kappa shape index (κ1) is 23.1. The summed E-state index contributed by atoms with van der Waals surface area (Å²) in [5.74, 6) is 0.448. The SMILES string of the molecule is CCC1(CC)C[C@@H](NC(=O)c2ccc(Cl)c(S(=O)(=O)N3CCCC3)c2)c2ccccc2O1. The van der Waals surface area contributed by atoms with Gasteiger partial charge in [-0.2, -0.15) is 4.31 Å². The summed E-state index contributed by atoms with van der Waals surface area (Å²) in [7, 11) is -3.73. The third-order valence-electron chi connectivity index (χ3n) is 6.67. The lowest BCUT2D eigenvalue weighted by Crippen LogP contribution is -2.44. The average Bonchev–Trinajstić information content (AvgIpc) is 3.35. The number of nitrogens with one attached hydrogen (secondary N) is 1. The molecule has 2 aromatic carbocycles. The molecule has 2 aromatic rings. The number of benzene rings is 2. The number of carbonyl (C=O) groups is 1. The van der Waals surface area contributed by atoms with Crippen molar-refractivity contribution in [1.82, 2.24) is 9.62 Å². The highest BCUT2D eigenvalue weighted by atomic mass is 35.5. The van der Waals surface area contributed by atoms with Gasteiger partial charge in [0.05, 0.1) is 11.1 Å². The molecule has 172 valence electrons. The number of hydrogen-bond acceptors (Lipinski definition) is 4. The lowest BCUT2D eigenvalue weighted by Gasteiger charge is -2.41. The molecule has 6 nitrogen and oxygen atoms in total. The van der Waals surface area contributed by atoms with Crippen molar-refractivity contribution in [3.8, 4) is 5.75 Å². The minimum absolute atomic E-state index is 0.0162. The molecule has 2 aliphatic rings. The lowest BCUT2D eigenvalue weighted by molar-refractivity contribution is 0.0227. The van der Waals surface area contributed by atoms with Crippen molar-refractivity contribution in [2.24, 2.45) is 0 Å². The fraction of sp³-hybridized carbons (Fsp3) is 0.458. The fourth-order valence-corrected chi connectivity index (χ4v) is 6.60. The van der Waals surface area contributed by atoms with Crippen LogP contribution in [0, 0.1) is 0 Å². The van der Waals surface area contributed by atoms with Crippen LogP contribution in [0.5, 0.6) is 5.75 Å². The van der Waals surface area contributed by atoms with Gasteiger partial charge in [-0.25, -0.2) is 8.42 Å². The molecule has 1 atom stereocenters. The Balaban J connectivity index is 1.63. The molecule has 4 rings (SSSR count). The maximum atomic E-state index is 13.2. The third-order valence-corrected chi connectivity index (χ3v) is 9.05. The van der Waals surface area contributed by atoms with Gasteiger partial charge in [0.15, 0.2) is 0 Å². The van der Waals surface area contributed by atoms with Gasteiger partial charge in [-0.1, -0.05) is 43.6 Å². The highest BCUT2D eigenvalue weighted by Gasteiger charge is 2.39. The summed E-state index contributed by atoms with van der Waals surface area (Å²) in [5.41, 5.74) is 0.850. The van der Waals surface area contributed by atoms with Gasteiger partial charge in [0.25, 0.3) is 5.91 Å². The van der Waals surface area contributed by atoms with Crippen molar-refractivity contribution in [2.45, 2.75) is 62.5 Å². The maximum absolute atomic E-state index is 13.2. The van der Waals surface area contributed by atoms with Gasteiger partial charge in [-0.15, -0.1) is 0 Å². The standard InChI is InChI=1S/C24H29ClN2O4S/c1-3-24(4-2)16-20(18-9-5-6-10-21(18)31-24)26-23(28)17-11-12-19(25)22(15-17)32(29,30)27-13-7-8-14-27/h5-6,9-12,15,20H,3-4,7-8,13-14,16H2,1-2H3,(H,26,28)/t20-/m1/s1. The first-order chi connectivity index (χ1) is 15.3. The molecule has 2 aliphatic heterocycles. The van der Waals surface area contributed by atoms with Crippen LogP contribution in [0.15, 0.2) is 47.4 Å². The zero-order valence-corrected chi connectivity index (χ0v) is 20.0. The van der Waals surface area contributed by atoms with E-state index in [0.717, 1.165) is 37.0 Å². The first-order valence-electron chi connectivity index (χ1n) is 11.2. The Morgan fingerprint density at radius 2 is 1.84 bits per heavy atom. The van der Waals surface area contributed by atoms with E-state index in [-0.39, 0.29) is 33.0 Å². The number of amides is 1. The maximum Gasteiger partial charge on any atom is 0.251 e. The van der Waals surface area contributed by atoms with Crippen molar-refractivity contribution in [3.05, 3.63) is 58.6 Å². The second kappa shape index (κ2) is 9.04. The molecule has 2 heterocycles. The third kappa shape index (κ3) is 4.26. The molecule has 0 aliphatic carbocycles. The van der Waals surface area contributed by atoms with Gasteiger partial charge < -0.3 is 10.1 Å². The van der Waals surface area contributed by atoms with E-state index in [9.17, 15) is 13.2 Å². The van der Waals surface area contributed by atoms with E-state index in [1.807, 2.05) is 24.3 Å². The first-order valence-corrected chi connectivity index (χ1v) is 13.0. The summed E-state index contributed by atoms with van der Waals surface area (Å²) in [4.78, 5) is 13.2. The number of rotatable bonds is 6. The van der Waals surface area contributed by atoms with Crippen LogP contribution in [-0.2, 0) is 10.0 Å². The zero-order valence-electron chi connectivity index (χ0n) is 18.4. The van der Waals surface area contributed by atoms with E-state index in [2.05, 4.69) is 19.2 Å². The Labute approximate surface area is 195 Å². The number of sulfonamides is 1. The minimum atomic E-state index is -3.73. The Bertz CT molecular complexity index is 1110. The number of carbonyl (C=O) groups excluding carboxylic acids is 1. The molecule has 1 amide bonds. The smallest absolute Gasteiger partial charge is 0.251 e. The Morgan fingerprint density at radius 1 is 1.16 bits per heavy atom. The summed E-state index contributed by atoms with van der Waals surface area (Å²) in [6.45, 7) is 5.13. The van der Waals surface area contributed by atoms with Crippen molar-refractivity contribution in [2.75, 3.05) is 13.1 Å². The van der Waals surface area contributed by atoms with Crippen LogP contribution in [0.2, 0.25) is 5.02 Å². The second-order valence-electron chi connectivity index (χ2n) is 8.52. The topological polar surface area (TPSA) is 75.7 Å². The molecule has 0 unspecified atom stereocenters. The van der Waals surface area contributed by atoms with E-state index in [1.165, 1.54) is 16.4 Å². The number of fused-ring (bicyclic) bond motifs is 1. The monoisotopic (exact) mass is 476 g/mol. The Kier molecular flexibility index (Phi) is 6.52. The molecule has 8 heteroatoms. The molecule has 1 fully saturated rings. The van der Waals surface area contributed by atoms with Gasteiger partial charge in [-0.05, 0) is 49.9 Å².